The van der Waals surface area contributed by atoms with Crippen LogP contribution in [0.1, 0.15) is 62.6 Å². The summed E-state index contributed by atoms with van der Waals surface area (Å²) in [5.41, 5.74) is 1.000. The van der Waals surface area contributed by atoms with Gasteiger partial charge in [0, 0.05) is 12.1 Å². The number of likely N-dealkylation sites (tertiary alicyclic amines) is 1. The van der Waals surface area contributed by atoms with E-state index in [1.165, 1.54) is 31.0 Å². The average molecular weight is 432 g/mol. The van der Waals surface area contributed by atoms with Crippen LogP contribution in [0.2, 0.25) is 0 Å². The number of ether oxygens (including phenoxy) is 2. The van der Waals surface area contributed by atoms with Gasteiger partial charge in [-0.05, 0) is 54.3 Å². The van der Waals surface area contributed by atoms with Crippen LogP contribution >= 0.6 is 11.8 Å². The van der Waals surface area contributed by atoms with Crippen molar-refractivity contribution in [2.75, 3.05) is 26.5 Å². The summed E-state index contributed by atoms with van der Waals surface area (Å²) in [6.45, 7) is 0.748. The Morgan fingerprint density at radius 2 is 1.97 bits per heavy atom. The fraction of sp³-hybridized carbons (Fsp3) is 0.619. The Balaban J connectivity index is 1.45. The first kappa shape index (κ1) is 21.0. The van der Waals surface area contributed by atoms with Gasteiger partial charge in [-0.25, -0.2) is 4.68 Å². The molecule has 8 nitrogen and oxygen atoms in total. The van der Waals surface area contributed by atoms with Crippen LogP contribution in [0, 0.1) is 0 Å². The Morgan fingerprint density at radius 1 is 1.13 bits per heavy atom. The van der Waals surface area contributed by atoms with Crippen molar-refractivity contribution in [2.45, 2.75) is 62.2 Å². The lowest BCUT2D eigenvalue weighted by atomic mass is 9.96. The van der Waals surface area contributed by atoms with Gasteiger partial charge in [0.2, 0.25) is 11.1 Å². The zero-order valence-corrected chi connectivity index (χ0v) is 18.4. The second kappa shape index (κ2) is 9.68. The van der Waals surface area contributed by atoms with E-state index < -0.39 is 0 Å². The highest BCUT2D eigenvalue weighted by molar-refractivity contribution is 7.99. The summed E-state index contributed by atoms with van der Waals surface area (Å²) in [7, 11) is 3.31. The van der Waals surface area contributed by atoms with Crippen molar-refractivity contribution in [3.63, 3.8) is 0 Å². The number of carbonyl (C=O) groups excluding carboxylic acids is 1. The average Bonchev–Trinajstić information content (AvgIpc) is 3.47. The van der Waals surface area contributed by atoms with Crippen LogP contribution in [0.5, 0.6) is 11.5 Å². The Labute approximate surface area is 181 Å². The lowest BCUT2D eigenvalue weighted by molar-refractivity contribution is -0.129. The number of carbonyl (C=O) groups is 1. The minimum Gasteiger partial charge on any atom is -0.497 e. The van der Waals surface area contributed by atoms with Gasteiger partial charge in [0.25, 0.3) is 0 Å². The quantitative estimate of drug-likeness (QED) is 0.619. The van der Waals surface area contributed by atoms with Crippen molar-refractivity contribution in [3.05, 3.63) is 23.8 Å². The van der Waals surface area contributed by atoms with Gasteiger partial charge in [-0.2, -0.15) is 0 Å². The highest BCUT2D eigenvalue weighted by atomic mass is 32.2. The molecule has 1 aromatic heterocycles. The van der Waals surface area contributed by atoms with E-state index in [9.17, 15) is 4.79 Å². The number of rotatable bonds is 7. The van der Waals surface area contributed by atoms with Crippen LogP contribution in [0.3, 0.4) is 0 Å². The summed E-state index contributed by atoms with van der Waals surface area (Å²) < 4.78 is 12.9. The SMILES string of the molecule is COc1ccc(OC)c([C@@H]2CCCN2C(=O)CSc2nnnn2C2CCCCC2)c1. The van der Waals surface area contributed by atoms with Gasteiger partial charge in [0.15, 0.2) is 0 Å². The molecule has 2 aliphatic rings. The smallest absolute Gasteiger partial charge is 0.233 e. The van der Waals surface area contributed by atoms with Crippen LogP contribution in [0.4, 0.5) is 0 Å². The number of tetrazole rings is 1. The van der Waals surface area contributed by atoms with E-state index in [0.29, 0.717) is 11.8 Å². The lowest BCUT2D eigenvalue weighted by Crippen LogP contribution is -2.32. The number of benzene rings is 1. The van der Waals surface area contributed by atoms with Crippen molar-refractivity contribution in [1.29, 1.82) is 0 Å². The minimum atomic E-state index is -0.00232. The van der Waals surface area contributed by atoms with Crippen molar-refractivity contribution in [3.8, 4) is 11.5 Å². The number of nitrogens with zero attached hydrogens (tertiary/aromatic N) is 5. The number of methoxy groups -OCH3 is 2. The third-order valence-corrected chi connectivity index (χ3v) is 7.00. The van der Waals surface area contributed by atoms with E-state index in [1.807, 2.05) is 27.8 Å². The first-order chi connectivity index (χ1) is 14.7. The molecule has 0 bridgehead atoms. The number of thioether (sulfide) groups is 1. The van der Waals surface area contributed by atoms with Crippen LogP contribution in [0.15, 0.2) is 23.4 Å². The van der Waals surface area contributed by atoms with Gasteiger partial charge in [0.1, 0.15) is 11.5 Å². The predicted octanol–water partition coefficient (Wildman–Crippen LogP) is 3.65. The van der Waals surface area contributed by atoms with Gasteiger partial charge in [0.05, 0.1) is 32.1 Å². The molecule has 4 rings (SSSR count). The maximum Gasteiger partial charge on any atom is 0.233 e. The Kier molecular flexibility index (Phi) is 6.76. The Bertz CT molecular complexity index is 868. The molecule has 1 aliphatic carbocycles. The van der Waals surface area contributed by atoms with Crippen molar-refractivity contribution in [2.24, 2.45) is 0 Å². The van der Waals surface area contributed by atoms with Crippen LogP contribution < -0.4 is 9.47 Å². The molecule has 1 aromatic carbocycles. The maximum absolute atomic E-state index is 13.1. The van der Waals surface area contributed by atoms with Gasteiger partial charge in [-0.1, -0.05) is 31.0 Å². The van der Waals surface area contributed by atoms with Gasteiger partial charge in [-0.3, -0.25) is 4.79 Å². The molecule has 2 fully saturated rings. The van der Waals surface area contributed by atoms with E-state index in [0.717, 1.165) is 54.4 Å². The molecule has 162 valence electrons. The third kappa shape index (κ3) is 4.40. The minimum absolute atomic E-state index is 0.00232. The first-order valence-electron chi connectivity index (χ1n) is 10.6. The van der Waals surface area contributed by atoms with E-state index in [1.54, 1.807) is 14.2 Å². The number of amides is 1. The standard InChI is InChI=1S/C21H29N5O3S/c1-28-16-10-11-19(29-2)17(13-16)18-9-6-12-25(18)20(27)14-30-21-22-23-24-26(21)15-7-4-3-5-8-15/h10-11,13,15,18H,3-9,12,14H2,1-2H3/t18-/m0/s1. The second-order valence-electron chi connectivity index (χ2n) is 7.84. The summed E-state index contributed by atoms with van der Waals surface area (Å²) in [6, 6.07) is 6.11. The van der Waals surface area contributed by atoms with Gasteiger partial charge in [-0.15, -0.1) is 5.10 Å². The molecule has 0 radical (unpaired) electrons. The molecule has 2 heterocycles. The Morgan fingerprint density at radius 3 is 2.73 bits per heavy atom. The molecule has 9 heteroatoms. The van der Waals surface area contributed by atoms with Crippen LogP contribution in [-0.2, 0) is 4.79 Å². The molecular weight excluding hydrogens is 402 g/mol. The molecule has 1 saturated heterocycles. The van der Waals surface area contributed by atoms with E-state index in [-0.39, 0.29) is 11.9 Å². The van der Waals surface area contributed by atoms with E-state index >= 15 is 0 Å². The van der Waals surface area contributed by atoms with E-state index in [4.69, 9.17) is 9.47 Å². The molecule has 30 heavy (non-hydrogen) atoms. The summed E-state index contributed by atoms with van der Waals surface area (Å²) in [4.78, 5) is 15.1. The summed E-state index contributed by atoms with van der Waals surface area (Å²) in [5.74, 6) is 1.99. The van der Waals surface area contributed by atoms with Crippen LogP contribution in [0.25, 0.3) is 0 Å². The molecule has 0 N–H and O–H groups in total. The second-order valence-corrected chi connectivity index (χ2v) is 8.78. The highest BCUT2D eigenvalue weighted by Gasteiger charge is 2.32. The van der Waals surface area contributed by atoms with Crippen molar-refractivity contribution >= 4 is 17.7 Å². The monoisotopic (exact) mass is 431 g/mol. The van der Waals surface area contributed by atoms with E-state index in [2.05, 4.69) is 15.5 Å². The largest absolute Gasteiger partial charge is 0.497 e. The molecule has 0 unspecified atom stereocenters. The van der Waals surface area contributed by atoms with Crippen LogP contribution in [-0.4, -0.2) is 57.5 Å². The fourth-order valence-electron chi connectivity index (χ4n) is 4.53. The highest BCUT2D eigenvalue weighted by Crippen LogP contribution is 2.39. The van der Waals surface area contributed by atoms with Crippen molar-refractivity contribution in [1.82, 2.24) is 25.1 Å². The zero-order chi connectivity index (χ0) is 20.9. The lowest BCUT2D eigenvalue weighted by Gasteiger charge is -2.27. The van der Waals surface area contributed by atoms with Gasteiger partial charge >= 0.3 is 0 Å². The van der Waals surface area contributed by atoms with Crippen molar-refractivity contribution < 1.29 is 14.3 Å². The molecule has 1 atom stereocenters. The molecule has 1 amide bonds. The maximum atomic E-state index is 13.1. The number of hydrogen-bond acceptors (Lipinski definition) is 7. The third-order valence-electron chi connectivity index (χ3n) is 6.08. The molecule has 1 aliphatic heterocycles. The Hall–Kier alpha value is -2.29. The topological polar surface area (TPSA) is 82.4 Å². The summed E-state index contributed by atoms with van der Waals surface area (Å²) in [6.07, 6.45) is 7.81. The van der Waals surface area contributed by atoms with Gasteiger partial charge < -0.3 is 14.4 Å². The summed E-state index contributed by atoms with van der Waals surface area (Å²) >= 11 is 1.44. The fourth-order valence-corrected chi connectivity index (χ4v) is 5.36. The number of aromatic nitrogens is 4. The molecule has 2 aromatic rings. The molecular formula is C21H29N5O3S. The molecule has 1 saturated carbocycles. The number of hydrogen-bond donors (Lipinski definition) is 0. The molecule has 0 spiro atoms. The predicted molar refractivity (Wildman–Crippen MR) is 114 cm³/mol. The zero-order valence-electron chi connectivity index (χ0n) is 17.6. The first-order valence-corrected chi connectivity index (χ1v) is 11.6. The summed E-state index contributed by atoms with van der Waals surface area (Å²) in [5, 5.41) is 13.0. The normalized spacial score (nSPS) is 19.8.